The van der Waals surface area contributed by atoms with Crippen LogP contribution in [0, 0.1) is 11.7 Å². The number of aliphatic hydroxyl groups is 1. The summed E-state index contributed by atoms with van der Waals surface area (Å²) >= 11 is 0. The number of carbonyl (C=O) groups is 2. The normalized spacial score (nSPS) is 21.2. The van der Waals surface area contributed by atoms with Crippen molar-refractivity contribution in [1.82, 2.24) is 24.6 Å². The number of β-amino-alcohol motifs (C(OH)–C–C–N with tert-alkyl or cyclic N) is 1. The fourth-order valence-corrected chi connectivity index (χ4v) is 4.19. The highest BCUT2D eigenvalue weighted by atomic mass is 19.1. The Balaban J connectivity index is 1.50. The molecule has 3 heterocycles. The molecule has 2 aromatic rings. The number of halogens is 1. The molecule has 2 aliphatic rings. The van der Waals surface area contributed by atoms with Crippen LogP contribution in [0.3, 0.4) is 0 Å². The lowest BCUT2D eigenvalue weighted by Gasteiger charge is -2.30. The summed E-state index contributed by atoms with van der Waals surface area (Å²) < 4.78 is 15.8. The molecular weight excluding hydrogens is 389 g/mol. The first-order chi connectivity index (χ1) is 14.3. The Hall–Kier alpha value is -2.81. The summed E-state index contributed by atoms with van der Waals surface area (Å²) in [5, 5.41) is 18.7. The second-order valence-electron chi connectivity index (χ2n) is 8.26. The van der Waals surface area contributed by atoms with Crippen molar-refractivity contribution in [2.75, 3.05) is 13.1 Å². The number of aromatic nitrogens is 3. The Bertz CT molecular complexity index is 960. The molecule has 1 aromatic heterocycles. The minimum atomic E-state index is -0.590. The summed E-state index contributed by atoms with van der Waals surface area (Å²) in [5.74, 6) is 0.541. The highest BCUT2D eigenvalue weighted by molar-refractivity contribution is 5.79. The van der Waals surface area contributed by atoms with Gasteiger partial charge < -0.3 is 19.5 Å². The van der Waals surface area contributed by atoms with E-state index in [1.54, 1.807) is 28.0 Å². The number of aliphatic hydroxyl groups excluding tert-OH is 1. The van der Waals surface area contributed by atoms with Crippen molar-refractivity contribution in [2.45, 2.75) is 51.9 Å². The zero-order valence-corrected chi connectivity index (χ0v) is 17.2. The van der Waals surface area contributed by atoms with Crippen molar-refractivity contribution in [2.24, 2.45) is 5.92 Å². The molecule has 9 heteroatoms. The van der Waals surface area contributed by atoms with E-state index >= 15 is 0 Å². The third kappa shape index (κ3) is 3.81. The van der Waals surface area contributed by atoms with Crippen LogP contribution in [0.5, 0.6) is 0 Å². The number of fused-ring (bicyclic) bond motifs is 1. The van der Waals surface area contributed by atoms with E-state index in [1.165, 1.54) is 6.07 Å². The maximum atomic E-state index is 13.9. The van der Waals surface area contributed by atoms with Gasteiger partial charge in [-0.3, -0.25) is 9.59 Å². The van der Waals surface area contributed by atoms with Crippen molar-refractivity contribution in [3.63, 3.8) is 0 Å². The monoisotopic (exact) mass is 415 g/mol. The van der Waals surface area contributed by atoms with E-state index in [2.05, 4.69) is 10.2 Å². The number of carbonyl (C=O) groups excluding carboxylic acids is 2. The molecule has 0 saturated carbocycles. The molecule has 8 nitrogen and oxygen atoms in total. The van der Waals surface area contributed by atoms with Crippen LogP contribution in [0.2, 0.25) is 0 Å². The Labute approximate surface area is 174 Å². The molecule has 2 amide bonds. The van der Waals surface area contributed by atoms with Crippen LogP contribution in [0.25, 0.3) is 0 Å². The lowest BCUT2D eigenvalue weighted by molar-refractivity contribution is -0.135. The van der Waals surface area contributed by atoms with Crippen LogP contribution in [0.15, 0.2) is 24.3 Å². The van der Waals surface area contributed by atoms with Gasteiger partial charge in [-0.2, -0.15) is 0 Å². The average Bonchev–Trinajstić information content (AvgIpc) is 3.31. The number of rotatable bonds is 4. The first-order valence-corrected chi connectivity index (χ1v) is 10.3. The minimum Gasteiger partial charge on any atom is -0.391 e. The quantitative estimate of drug-likeness (QED) is 0.813. The third-order valence-electron chi connectivity index (χ3n) is 5.79. The molecule has 1 fully saturated rings. The molecule has 1 saturated heterocycles. The van der Waals surface area contributed by atoms with Gasteiger partial charge >= 0.3 is 0 Å². The van der Waals surface area contributed by atoms with Gasteiger partial charge in [-0.05, 0) is 11.6 Å². The predicted molar refractivity (Wildman–Crippen MR) is 105 cm³/mol. The lowest BCUT2D eigenvalue weighted by atomic mass is 10.1. The first-order valence-electron chi connectivity index (χ1n) is 10.3. The van der Waals surface area contributed by atoms with Crippen LogP contribution in [0.4, 0.5) is 4.39 Å². The third-order valence-corrected chi connectivity index (χ3v) is 5.79. The first kappa shape index (κ1) is 20.5. The van der Waals surface area contributed by atoms with Gasteiger partial charge in [0.15, 0.2) is 11.6 Å². The maximum absolute atomic E-state index is 13.9. The lowest BCUT2D eigenvalue weighted by Crippen LogP contribution is -2.41. The van der Waals surface area contributed by atoms with Crippen LogP contribution >= 0.6 is 0 Å². The van der Waals surface area contributed by atoms with Gasteiger partial charge in [-0.15, -0.1) is 10.2 Å². The zero-order chi connectivity index (χ0) is 21.4. The molecule has 0 radical (unpaired) electrons. The molecule has 1 N–H and O–H groups in total. The van der Waals surface area contributed by atoms with Crippen molar-refractivity contribution in [3.8, 4) is 0 Å². The van der Waals surface area contributed by atoms with Gasteiger partial charge in [0.05, 0.1) is 25.1 Å². The molecule has 0 aliphatic carbocycles. The number of amides is 2. The predicted octanol–water partition coefficient (Wildman–Crippen LogP) is 1.29. The average molecular weight is 415 g/mol. The molecular formula is C21H26FN5O3. The standard InChI is InChI=1S/C21H26FN5O3/c1-13(2)21(30)27-11-15(28)10-17(27)20-24-23-18-12-25(7-8-26(18)20)19(29)9-14-5-3-4-6-16(14)22/h3-6,13,15,17,28H,7-12H2,1-2H3/t15-,17+/m1/s1. The molecule has 30 heavy (non-hydrogen) atoms. The fourth-order valence-electron chi connectivity index (χ4n) is 4.19. The van der Waals surface area contributed by atoms with Gasteiger partial charge in [-0.1, -0.05) is 32.0 Å². The highest BCUT2D eigenvalue weighted by Gasteiger charge is 2.40. The number of benzene rings is 1. The minimum absolute atomic E-state index is 0.000840. The molecule has 0 spiro atoms. The van der Waals surface area contributed by atoms with Crippen LogP contribution < -0.4 is 0 Å². The fraction of sp³-hybridized carbons (Fsp3) is 0.524. The molecule has 0 bridgehead atoms. The van der Waals surface area contributed by atoms with Gasteiger partial charge in [0.1, 0.15) is 5.82 Å². The largest absolute Gasteiger partial charge is 0.391 e. The molecule has 160 valence electrons. The van der Waals surface area contributed by atoms with E-state index in [0.29, 0.717) is 36.7 Å². The summed E-state index contributed by atoms with van der Waals surface area (Å²) in [4.78, 5) is 28.6. The Kier molecular flexibility index (Phi) is 5.55. The molecule has 2 aliphatic heterocycles. The van der Waals surface area contributed by atoms with Crippen LogP contribution in [0.1, 0.15) is 43.5 Å². The van der Waals surface area contributed by atoms with E-state index < -0.39 is 6.10 Å². The Morgan fingerprint density at radius 3 is 2.73 bits per heavy atom. The summed E-state index contributed by atoms with van der Waals surface area (Å²) in [6.07, 6.45) is -0.167. The SMILES string of the molecule is CC(C)C(=O)N1C[C@H](O)C[C@H]1c1nnc2n1CCN(C(=O)Cc1ccccc1F)C2. The van der Waals surface area contributed by atoms with Crippen LogP contribution in [-0.4, -0.2) is 60.7 Å². The molecule has 2 atom stereocenters. The van der Waals surface area contributed by atoms with Crippen molar-refractivity contribution in [1.29, 1.82) is 0 Å². The molecule has 0 unspecified atom stereocenters. The number of nitrogens with zero attached hydrogens (tertiary/aromatic N) is 5. The van der Waals surface area contributed by atoms with Gasteiger partial charge in [-0.25, -0.2) is 4.39 Å². The Morgan fingerprint density at radius 1 is 1.23 bits per heavy atom. The molecule has 4 rings (SSSR count). The summed E-state index contributed by atoms with van der Waals surface area (Å²) in [7, 11) is 0. The zero-order valence-electron chi connectivity index (χ0n) is 17.2. The van der Waals surface area contributed by atoms with E-state index in [0.717, 1.165) is 0 Å². The number of likely N-dealkylation sites (tertiary alicyclic amines) is 1. The topological polar surface area (TPSA) is 91.6 Å². The van der Waals surface area contributed by atoms with E-state index in [9.17, 15) is 19.1 Å². The smallest absolute Gasteiger partial charge is 0.227 e. The summed E-state index contributed by atoms with van der Waals surface area (Å²) in [6, 6.07) is 5.95. The van der Waals surface area contributed by atoms with Gasteiger partial charge in [0.25, 0.3) is 0 Å². The van der Waals surface area contributed by atoms with E-state index in [1.807, 2.05) is 18.4 Å². The highest BCUT2D eigenvalue weighted by Crippen LogP contribution is 2.33. The second-order valence-corrected chi connectivity index (χ2v) is 8.26. The van der Waals surface area contributed by atoms with E-state index in [4.69, 9.17) is 0 Å². The van der Waals surface area contributed by atoms with Crippen molar-refractivity contribution < 1.29 is 19.1 Å². The van der Waals surface area contributed by atoms with Crippen molar-refractivity contribution >= 4 is 11.8 Å². The maximum Gasteiger partial charge on any atom is 0.227 e. The second kappa shape index (κ2) is 8.14. The Morgan fingerprint density at radius 2 is 2.00 bits per heavy atom. The number of hydrogen-bond acceptors (Lipinski definition) is 5. The van der Waals surface area contributed by atoms with Gasteiger partial charge in [0.2, 0.25) is 11.8 Å². The number of hydrogen-bond donors (Lipinski definition) is 1. The van der Waals surface area contributed by atoms with Crippen LogP contribution in [-0.2, 0) is 29.1 Å². The van der Waals surface area contributed by atoms with Crippen molar-refractivity contribution in [3.05, 3.63) is 47.3 Å². The van der Waals surface area contributed by atoms with Gasteiger partial charge in [0, 0.05) is 32.0 Å². The summed E-state index contributed by atoms with van der Waals surface area (Å²) in [6.45, 7) is 5.20. The molecule has 1 aromatic carbocycles. The summed E-state index contributed by atoms with van der Waals surface area (Å²) in [5.41, 5.74) is 0.373. The van der Waals surface area contributed by atoms with E-state index in [-0.39, 0.29) is 49.1 Å².